The van der Waals surface area contributed by atoms with E-state index in [-0.39, 0.29) is 11.5 Å². The van der Waals surface area contributed by atoms with Gasteiger partial charge in [-0.3, -0.25) is 4.98 Å². The molecule has 3 aromatic rings. The van der Waals surface area contributed by atoms with Crippen LogP contribution in [0.1, 0.15) is 35.9 Å². The lowest BCUT2D eigenvalue weighted by atomic mass is 10.1. The Morgan fingerprint density at radius 1 is 1.04 bits per heavy atom. The molecule has 0 spiro atoms. The molecule has 0 aliphatic rings. The van der Waals surface area contributed by atoms with Gasteiger partial charge in [-0.1, -0.05) is 13.8 Å². The van der Waals surface area contributed by atoms with E-state index < -0.39 is 5.97 Å². The van der Waals surface area contributed by atoms with Gasteiger partial charge in [0.15, 0.2) is 0 Å². The van der Waals surface area contributed by atoms with Crippen LogP contribution in [0.25, 0.3) is 11.3 Å². The highest BCUT2D eigenvalue weighted by Crippen LogP contribution is 2.24. The second-order valence-electron chi connectivity index (χ2n) is 5.89. The van der Waals surface area contributed by atoms with Crippen LogP contribution in [0.5, 0.6) is 0 Å². The lowest BCUT2D eigenvalue weighted by Crippen LogP contribution is -2.04. The summed E-state index contributed by atoms with van der Waals surface area (Å²) in [6.07, 6.45) is 3.45. The van der Waals surface area contributed by atoms with Crippen molar-refractivity contribution >= 4 is 17.5 Å². The summed E-state index contributed by atoms with van der Waals surface area (Å²) in [5.74, 6) is 0.625. The van der Waals surface area contributed by atoms with Crippen molar-refractivity contribution in [3.63, 3.8) is 0 Å². The van der Waals surface area contributed by atoms with Gasteiger partial charge in [-0.05, 0) is 36.4 Å². The zero-order valence-electron chi connectivity index (χ0n) is 14.0. The first kappa shape index (κ1) is 16.6. The van der Waals surface area contributed by atoms with Gasteiger partial charge in [-0.2, -0.15) is 0 Å². The molecule has 0 aliphatic heterocycles. The van der Waals surface area contributed by atoms with Crippen molar-refractivity contribution in [1.29, 1.82) is 0 Å². The molecule has 2 aromatic heterocycles. The average Bonchev–Trinajstić information content (AvgIpc) is 2.62. The number of benzene rings is 1. The Morgan fingerprint density at radius 3 is 2.32 bits per heavy atom. The Bertz CT molecular complexity index is 878. The van der Waals surface area contributed by atoms with E-state index in [2.05, 4.69) is 20.3 Å². The number of carbonyl (C=O) groups is 1. The normalized spacial score (nSPS) is 10.7. The number of rotatable bonds is 5. The lowest BCUT2D eigenvalue weighted by Gasteiger charge is -2.12. The van der Waals surface area contributed by atoms with Gasteiger partial charge in [0.1, 0.15) is 11.6 Å². The van der Waals surface area contributed by atoms with Gasteiger partial charge >= 0.3 is 5.97 Å². The van der Waals surface area contributed by atoms with Crippen LogP contribution in [-0.4, -0.2) is 26.0 Å². The standard InChI is InChI=1S/C19H18N4O2/c1-12(2)18-22-16(13-7-9-20-10-8-13)11-17(23-18)21-15-5-3-14(4-6-15)19(24)25/h3-12H,1-2H3,(H,24,25)(H,21,22,23). The molecule has 1 aromatic carbocycles. The number of hydrogen-bond donors (Lipinski definition) is 2. The highest BCUT2D eigenvalue weighted by molar-refractivity contribution is 5.88. The van der Waals surface area contributed by atoms with E-state index in [9.17, 15) is 4.79 Å². The van der Waals surface area contributed by atoms with E-state index in [0.717, 1.165) is 22.8 Å². The van der Waals surface area contributed by atoms with Crippen molar-refractivity contribution < 1.29 is 9.90 Å². The van der Waals surface area contributed by atoms with Gasteiger partial charge in [0.2, 0.25) is 0 Å². The number of anilines is 2. The van der Waals surface area contributed by atoms with Crippen LogP contribution in [0, 0.1) is 0 Å². The summed E-state index contributed by atoms with van der Waals surface area (Å²) in [4.78, 5) is 24.2. The minimum atomic E-state index is -0.948. The second-order valence-corrected chi connectivity index (χ2v) is 5.89. The van der Waals surface area contributed by atoms with Crippen LogP contribution in [0.2, 0.25) is 0 Å². The molecule has 0 unspecified atom stereocenters. The Labute approximate surface area is 145 Å². The van der Waals surface area contributed by atoms with Gasteiger partial charge in [0, 0.05) is 35.6 Å². The van der Waals surface area contributed by atoms with Crippen LogP contribution in [0.15, 0.2) is 54.9 Å². The predicted molar refractivity (Wildman–Crippen MR) is 96.0 cm³/mol. The molecule has 0 bridgehead atoms. The number of nitrogens with one attached hydrogen (secondary N) is 1. The van der Waals surface area contributed by atoms with E-state index in [1.54, 1.807) is 36.7 Å². The van der Waals surface area contributed by atoms with Gasteiger partial charge in [0.25, 0.3) is 0 Å². The molecular formula is C19H18N4O2. The first-order valence-corrected chi connectivity index (χ1v) is 7.92. The minimum Gasteiger partial charge on any atom is -0.478 e. The molecule has 25 heavy (non-hydrogen) atoms. The smallest absolute Gasteiger partial charge is 0.335 e. The number of nitrogens with zero attached hydrogens (tertiary/aromatic N) is 3. The molecule has 6 heteroatoms. The lowest BCUT2D eigenvalue weighted by molar-refractivity contribution is 0.0697. The number of carboxylic acid groups (broad SMARTS) is 1. The van der Waals surface area contributed by atoms with Crippen molar-refractivity contribution in [2.75, 3.05) is 5.32 Å². The third kappa shape index (κ3) is 3.98. The highest BCUT2D eigenvalue weighted by atomic mass is 16.4. The summed E-state index contributed by atoms with van der Waals surface area (Å²) in [6, 6.07) is 12.2. The maximum Gasteiger partial charge on any atom is 0.335 e. The SMILES string of the molecule is CC(C)c1nc(Nc2ccc(C(=O)O)cc2)cc(-c2ccncc2)n1. The zero-order valence-corrected chi connectivity index (χ0v) is 14.0. The number of aromatic nitrogens is 3. The molecule has 2 N–H and O–H groups in total. The number of pyridine rings is 1. The Morgan fingerprint density at radius 2 is 1.72 bits per heavy atom. The Hall–Kier alpha value is -3.28. The maximum absolute atomic E-state index is 10.9. The summed E-state index contributed by atoms with van der Waals surface area (Å²) in [5.41, 5.74) is 2.78. The van der Waals surface area contributed by atoms with Crippen LogP contribution < -0.4 is 5.32 Å². The summed E-state index contributed by atoms with van der Waals surface area (Å²) in [6.45, 7) is 4.08. The molecule has 0 radical (unpaired) electrons. The highest BCUT2D eigenvalue weighted by Gasteiger charge is 2.10. The molecule has 0 aliphatic carbocycles. The van der Waals surface area contributed by atoms with Gasteiger partial charge in [-0.15, -0.1) is 0 Å². The van der Waals surface area contributed by atoms with Crippen molar-refractivity contribution in [1.82, 2.24) is 15.0 Å². The third-order valence-corrected chi connectivity index (χ3v) is 3.64. The van der Waals surface area contributed by atoms with Crippen LogP contribution >= 0.6 is 0 Å². The maximum atomic E-state index is 10.9. The summed E-state index contributed by atoms with van der Waals surface area (Å²) in [7, 11) is 0. The van der Waals surface area contributed by atoms with Crippen LogP contribution in [-0.2, 0) is 0 Å². The predicted octanol–water partition coefficient (Wildman–Crippen LogP) is 4.10. The third-order valence-electron chi connectivity index (χ3n) is 3.64. The molecule has 0 saturated carbocycles. The first-order chi connectivity index (χ1) is 12.0. The molecule has 3 rings (SSSR count). The fraction of sp³-hybridized carbons (Fsp3) is 0.158. The average molecular weight is 334 g/mol. The molecule has 0 atom stereocenters. The number of hydrogen-bond acceptors (Lipinski definition) is 5. The van der Waals surface area contributed by atoms with E-state index in [1.807, 2.05) is 32.0 Å². The fourth-order valence-electron chi connectivity index (χ4n) is 2.30. The van der Waals surface area contributed by atoms with Gasteiger partial charge in [0.05, 0.1) is 11.3 Å². The Balaban J connectivity index is 1.95. The van der Waals surface area contributed by atoms with Crippen molar-refractivity contribution in [3.05, 3.63) is 66.2 Å². The molecule has 6 nitrogen and oxygen atoms in total. The molecule has 0 amide bonds. The molecule has 0 fully saturated rings. The second kappa shape index (κ2) is 7.09. The number of aromatic carboxylic acids is 1. The molecule has 2 heterocycles. The van der Waals surface area contributed by atoms with Gasteiger partial charge in [-0.25, -0.2) is 14.8 Å². The van der Waals surface area contributed by atoms with Gasteiger partial charge < -0.3 is 10.4 Å². The van der Waals surface area contributed by atoms with Crippen molar-refractivity contribution in [3.8, 4) is 11.3 Å². The topological polar surface area (TPSA) is 88.0 Å². The fourth-order valence-corrected chi connectivity index (χ4v) is 2.30. The monoisotopic (exact) mass is 334 g/mol. The molecule has 0 saturated heterocycles. The van der Waals surface area contributed by atoms with E-state index >= 15 is 0 Å². The molecular weight excluding hydrogens is 316 g/mol. The Kier molecular flexibility index (Phi) is 4.70. The number of carboxylic acids is 1. The zero-order chi connectivity index (χ0) is 17.8. The van der Waals surface area contributed by atoms with E-state index in [4.69, 9.17) is 5.11 Å². The molecule has 126 valence electrons. The quantitative estimate of drug-likeness (QED) is 0.730. The van der Waals surface area contributed by atoms with E-state index in [0.29, 0.717) is 5.82 Å². The van der Waals surface area contributed by atoms with Crippen molar-refractivity contribution in [2.24, 2.45) is 0 Å². The van der Waals surface area contributed by atoms with Crippen LogP contribution in [0.4, 0.5) is 11.5 Å². The summed E-state index contributed by atoms with van der Waals surface area (Å²) >= 11 is 0. The van der Waals surface area contributed by atoms with Crippen molar-refractivity contribution in [2.45, 2.75) is 19.8 Å². The minimum absolute atomic E-state index is 0.178. The first-order valence-electron chi connectivity index (χ1n) is 7.92. The largest absolute Gasteiger partial charge is 0.478 e. The summed E-state index contributed by atoms with van der Waals surface area (Å²) < 4.78 is 0. The summed E-state index contributed by atoms with van der Waals surface area (Å²) in [5, 5.41) is 12.2. The van der Waals surface area contributed by atoms with E-state index in [1.165, 1.54) is 0 Å². The van der Waals surface area contributed by atoms with Crippen LogP contribution in [0.3, 0.4) is 0 Å².